The van der Waals surface area contributed by atoms with Gasteiger partial charge in [0.05, 0.1) is 12.0 Å². The van der Waals surface area contributed by atoms with Crippen LogP contribution in [0.5, 0.6) is 0 Å². The summed E-state index contributed by atoms with van der Waals surface area (Å²) in [6.45, 7) is 0.487. The lowest BCUT2D eigenvalue weighted by Crippen LogP contribution is -2.09. The van der Waals surface area contributed by atoms with Gasteiger partial charge in [-0.1, -0.05) is 11.3 Å². The molecule has 0 spiro atoms. The van der Waals surface area contributed by atoms with Crippen molar-refractivity contribution in [2.24, 2.45) is 0 Å². The van der Waals surface area contributed by atoms with Gasteiger partial charge in [-0.15, -0.1) is 0 Å². The molecule has 66 valence electrons. The van der Waals surface area contributed by atoms with E-state index in [4.69, 9.17) is 0 Å². The van der Waals surface area contributed by atoms with Gasteiger partial charge in [0.15, 0.2) is 0 Å². The predicted molar refractivity (Wildman–Crippen MR) is 44.8 cm³/mol. The molecule has 0 aliphatic carbocycles. The van der Waals surface area contributed by atoms with E-state index in [0.29, 0.717) is 6.54 Å². The van der Waals surface area contributed by atoms with Crippen molar-refractivity contribution in [1.29, 1.82) is 0 Å². The fraction of sp³-hybridized carbons (Fsp3) is 0.333. The lowest BCUT2D eigenvalue weighted by molar-refractivity contribution is -0.380. The molecule has 5 nitrogen and oxygen atoms in total. The van der Waals surface area contributed by atoms with Crippen molar-refractivity contribution in [2.45, 2.75) is 6.54 Å². The first-order chi connectivity index (χ1) is 5.74. The third kappa shape index (κ3) is 2.26. The van der Waals surface area contributed by atoms with Gasteiger partial charge < -0.3 is 4.84 Å². The highest BCUT2D eigenvalue weighted by Crippen LogP contribution is 2.22. The van der Waals surface area contributed by atoms with Crippen LogP contribution in [-0.2, 0) is 11.4 Å². The van der Waals surface area contributed by atoms with Gasteiger partial charge in [-0.25, -0.2) is 0 Å². The Balaban J connectivity index is 2.58. The van der Waals surface area contributed by atoms with E-state index < -0.39 is 4.92 Å². The number of rotatable bonds is 4. The van der Waals surface area contributed by atoms with Gasteiger partial charge in [0.1, 0.15) is 0 Å². The fourth-order valence-corrected chi connectivity index (χ4v) is 1.44. The molecule has 0 fully saturated rings. The van der Waals surface area contributed by atoms with Crippen LogP contribution in [0.15, 0.2) is 11.4 Å². The van der Waals surface area contributed by atoms with Crippen LogP contribution >= 0.6 is 11.3 Å². The molecule has 1 aromatic rings. The summed E-state index contributed by atoms with van der Waals surface area (Å²) in [7, 11) is 1.50. The third-order valence-electron chi connectivity index (χ3n) is 1.24. The zero-order valence-corrected chi connectivity index (χ0v) is 7.26. The lowest BCUT2D eigenvalue weighted by atomic mass is 10.3. The molecule has 0 atom stereocenters. The maximum atomic E-state index is 10.3. The molecule has 0 bridgehead atoms. The molecule has 0 saturated carbocycles. The summed E-state index contributed by atoms with van der Waals surface area (Å²) in [5.74, 6) is 0. The molecule has 0 aliphatic rings. The molecular weight excluding hydrogens is 180 g/mol. The van der Waals surface area contributed by atoms with E-state index in [1.807, 2.05) is 0 Å². The Bertz CT molecular complexity index is 274. The summed E-state index contributed by atoms with van der Waals surface area (Å²) in [5, 5.41) is 12.1. The molecule has 1 aromatic heterocycles. The second-order valence-electron chi connectivity index (χ2n) is 2.08. The Kier molecular flexibility index (Phi) is 3.15. The van der Waals surface area contributed by atoms with Crippen LogP contribution in [0.1, 0.15) is 5.56 Å². The fourth-order valence-electron chi connectivity index (χ4n) is 0.707. The van der Waals surface area contributed by atoms with Crippen LogP contribution in [0.4, 0.5) is 5.00 Å². The molecule has 0 aromatic carbocycles. The monoisotopic (exact) mass is 188 g/mol. The minimum atomic E-state index is -0.402. The number of nitrogens with zero attached hydrogens (tertiary/aromatic N) is 1. The van der Waals surface area contributed by atoms with Crippen LogP contribution < -0.4 is 5.48 Å². The molecule has 0 radical (unpaired) electrons. The van der Waals surface area contributed by atoms with Crippen molar-refractivity contribution in [3.05, 3.63) is 27.1 Å². The van der Waals surface area contributed by atoms with E-state index in [1.165, 1.54) is 13.2 Å². The number of nitro groups is 1. The first-order valence-corrected chi connectivity index (χ1v) is 4.09. The van der Waals surface area contributed by atoms with E-state index in [0.717, 1.165) is 16.9 Å². The summed E-state index contributed by atoms with van der Waals surface area (Å²) >= 11 is 1.11. The molecule has 0 aliphatic heterocycles. The van der Waals surface area contributed by atoms with Crippen molar-refractivity contribution in [3.63, 3.8) is 0 Å². The highest BCUT2D eigenvalue weighted by molar-refractivity contribution is 7.13. The summed E-state index contributed by atoms with van der Waals surface area (Å²) in [4.78, 5) is 14.5. The average molecular weight is 188 g/mol. The number of thiophene rings is 1. The van der Waals surface area contributed by atoms with Crippen molar-refractivity contribution in [3.8, 4) is 0 Å². The maximum absolute atomic E-state index is 10.3. The van der Waals surface area contributed by atoms with Crippen molar-refractivity contribution in [2.75, 3.05) is 7.11 Å². The highest BCUT2D eigenvalue weighted by atomic mass is 32.1. The van der Waals surface area contributed by atoms with Gasteiger partial charge in [0.2, 0.25) is 0 Å². The van der Waals surface area contributed by atoms with Crippen LogP contribution in [0, 0.1) is 10.1 Å². The Morgan fingerprint density at radius 1 is 1.83 bits per heavy atom. The van der Waals surface area contributed by atoms with E-state index >= 15 is 0 Å². The largest absolute Gasteiger partial charge is 0.324 e. The quantitative estimate of drug-likeness (QED) is 0.571. The molecule has 0 amide bonds. The van der Waals surface area contributed by atoms with Crippen molar-refractivity contribution < 1.29 is 9.76 Å². The van der Waals surface area contributed by atoms with Gasteiger partial charge in [-0.3, -0.25) is 10.1 Å². The Morgan fingerprint density at radius 3 is 3.08 bits per heavy atom. The minimum absolute atomic E-state index is 0.155. The van der Waals surface area contributed by atoms with Crippen molar-refractivity contribution in [1.82, 2.24) is 5.48 Å². The number of nitrogens with one attached hydrogen (secondary N) is 1. The third-order valence-corrected chi connectivity index (χ3v) is 2.17. The molecule has 1 N–H and O–H groups in total. The standard InChI is InChI=1S/C6H8N2O3S/c1-11-7-3-5-2-6(8(9)10)12-4-5/h2,4,7H,3H2,1H3. The van der Waals surface area contributed by atoms with Crippen LogP contribution in [0.2, 0.25) is 0 Å². The smallest absolute Gasteiger partial charge is 0.305 e. The Labute approximate surface area is 73.1 Å². The van der Waals surface area contributed by atoms with Gasteiger partial charge >= 0.3 is 5.00 Å². The zero-order chi connectivity index (χ0) is 8.97. The SMILES string of the molecule is CONCc1csc([N+](=O)[O-])c1. The molecule has 12 heavy (non-hydrogen) atoms. The zero-order valence-electron chi connectivity index (χ0n) is 6.44. The van der Waals surface area contributed by atoms with Crippen LogP contribution in [0.3, 0.4) is 0 Å². The van der Waals surface area contributed by atoms with E-state index in [1.54, 1.807) is 5.38 Å². The molecule has 0 unspecified atom stereocenters. The summed E-state index contributed by atoms with van der Waals surface area (Å²) < 4.78 is 0. The van der Waals surface area contributed by atoms with E-state index in [9.17, 15) is 10.1 Å². The van der Waals surface area contributed by atoms with Crippen LogP contribution in [-0.4, -0.2) is 12.0 Å². The second-order valence-corrected chi connectivity index (χ2v) is 2.97. The molecule has 1 heterocycles. The number of hydrogen-bond donors (Lipinski definition) is 1. The summed E-state index contributed by atoms with van der Waals surface area (Å²) in [6.07, 6.45) is 0. The second kappa shape index (κ2) is 4.15. The number of hydrogen-bond acceptors (Lipinski definition) is 5. The van der Waals surface area contributed by atoms with Gasteiger partial charge in [0, 0.05) is 18.0 Å². The first-order valence-electron chi connectivity index (χ1n) is 3.21. The Hall–Kier alpha value is -0.980. The van der Waals surface area contributed by atoms with Crippen LogP contribution in [0.25, 0.3) is 0 Å². The van der Waals surface area contributed by atoms with Crippen molar-refractivity contribution >= 4 is 16.3 Å². The maximum Gasteiger partial charge on any atom is 0.324 e. The molecular formula is C6H8N2O3S. The van der Waals surface area contributed by atoms with E-state index in [-0.39, 0.29) is 5.00 Å². The molecule has 1 rings (SSSR count). The average Bonchev–Trinajstić information content (AvgIpc) is 2.48. The Morgan fingerprint density at radius 2 is 2.58 bits per heavy atom. The topological polar surface area (TPSA) is 64.4 Å². The lowest BCUT2D eigenvalue weighted by Gasteiger charge is -1.95. The molecule has 6 heteroatoms. The minimum Gasteiger partial charge on any atom is -0.305 e. The van der Waals surface area contributed by atoms with Gasteiger partial charge in [-0.2, -0.15) is 5.48 Å². The predicted octanol–water partition coefficient (Wildman–Crippen LogP) is 1.31. The van der Waals surface area contributed by atoms with E-state index in [2.05, 4.69) is 10.3 Å². The van der Waals surface area contributed by atoms with Gasteiger partial charge in [0.25, 0.3) is 0 Å². The highest BCUT2D eigenvalue weighted by Gasteiger charge is 2.08. The number of hydroxylamine groups is 1. The summed E-state index contributed by atoms with van der Waals surface area (Å²) in [5.41, 5.74) is 3.46. The normalized spacial score (nSPS) is 10.1. The first kappa shape index (κ1) is 9.11. The summed E-state index contributed by atoms with van der Waals surface area (Å²) in [6, 6.07) is 1.52. The van der Waals surface area contributed by atoms with Gasteiger partial charge in [-0.05, 0) is 5.56 Å². The molecule has 0 saturated heterocycles.